The van der Waals surface area contributed by atoms with Crippen LogP contribution >= 0.6 is 0 Å². The van der Waals surface area contributed by atoms with E-state index in [9.17, 15) is 0 Å². The number of nitrogens with zero attached hydrogens (tertiary/aromatic N) is 2. The molecule has 2 heterocycles. The molecule has 2 rings (SSSR count). The number of hydrogen-bond acceptors (Lipinski definition) is 1. The number of piperidine rings is 1. The summed E-state index contributed by atoms with van der Waals surface area (Å²) in [4.78, 5) is 2.59. The first-order valence-corrected chi connectivity index (χ1v) is 8.67. The van der Waals surface area contributed by atoms with Gasteiger partial charge in [-0.2, -0.15) is 0 Å². The van der Waals surface area contributed by atoms with E-state index in [1.54, 1.807) is 0 Å². The van der Waals surface area contributed by atoms with Crippen molar-refractivity contribution in [3.63, 3.8) is 0 Å². The first-order chi connectivity index (χ1) is 10.5. The van der Waals surface area contributed by atoms with Crippen LogP contribution < -0.4 is 0 Å². The van der Waals surface area contributed by atoms with Crippen molar-refractivity contribution >= 4 is 6.08 Å². The topological polar surface area (TPSA) is 8.17 Å². The number of likely N-dealkylation sites (tertiary alicyclic amines) is 1. The van der Waals surface area contributed by atoms with Crippen LogP contribution in [0.15, 0.2) is 30.9 Å². The minimum absolute atomic E-state index is 0.823. The SMILES string of the molecule is C=C/C=C\c1ccc(CN2CC(C)CC(C)C2)n1C.CCC. The third-order valence-corrected chi connectivity index (χ3v) is 4.00. The molecule has 0 aliphatic carbocycles. The van der Waals surface area contributed by atoms with E-state index in [1.807, 2.05) is 12.2 Å². The predicted octanol–water partition coefficient (Wildman–Crippen LogP) is 5.12. The molecular formula is C20H34N2. The number of aromatic nitrogens is 1. The number of allylic oxidation sites excluding steroid dienone is 2. The molecule has 2 atom stereocenters. The quantitative estimate of drug-likeness (QED) is 0.701. The largest absolute Gasteiger partial charge is 0.347 e. The van der Waals surface area contributed by atoms with Gasteiger partial charge in [0, 0.05) is 38.1 Å². The van der Waals surface area contributed by atoms with Crippen molar-refractivity contribution < 1.29 is 0 Å². The molecule has 22 heavy (non-hydrogen) atoms. The Kier molecular flexibility index (Phi) is 8.26. The fourth-order valence-electron chi connectivity index (χ4n) is 3.21. The van der Waals surface area contributed by atoms with E-state index >= 15 is 0 Å². The van der Waals surface area contributed by atoms with Crippen LogP contribution in [0, 0.1) is 11.8 Å². The molecule has 0 spiro atoms. The van der Waals surface area contributed by atoms with Gasteiger partial charge in [0.1, 0.15) is 0 Å². The van der Waals surface area contributed by atoms with Gasteiger partial charge in [-0.1, -0.05) is 52.8 Å². The molecule has 1 aromatic rings. The molecule has 2 heteroatoms. The Morgan fingerprint density at radius 1 is 1.18 bits per heavy atom. The second-order valence-corrected chi connectivity index (χ2v) is 6.75. The minimum atomic E-state index is 0.823. The highest BCUT2D eigenvalue weighted by Crippen LogP contribution is 2.23. The van der Waals surface area contributed by atoms with Crippen LogP contribution in [-0.4, -0.2) is 22.6 Å². The zero-order valence-corrected chi connectivity index (χ0v) is 15.2. The average Bonchev–Trinajstić information content (AvgIpc) is 2.77. The van der Waals surface area contributed by atoms with Crippen molar-refractivity contribution in [3.8, 4) is 0 Å². The van der Waals surface area contributed by atoms with Crippen LogP contribution in [0.2, 0.25) is 0 Å². The summed E-state index contributed by atoms with van der Waals surface area (Å²) >= 11 is 0. The average molecular weight is 303 g/mol. The van der Waals surface area contributed by atoms with Gasteiger partial charge in [-0.3, -0.25) is 4.90 Å². The van der Waals surface area contributed by atoms with Gasteiger partial charge in [-0.25, -0.2) is 0 Å². The Bertz CT molecular complexity index is 460. The van der Waals surface area contributed by atoms with Gasteiger partial charge in [0.25, 0.3) is 0 Å². The highest BCUT2D eigenvalue weighted by atomic mass is 15.2. The Hall–Kier alpha value is -1.28. The summed E-state index contributed by atoms with van der Waals surface area (Å²) in [6, 6.07) is 4.43. The van der Waals surface area contributed by atoms with Gasteiger partial charge in [-0.05, 0) is 36.5 Å². The van der Waals surface area contributed by atoms with E-state index in [4.69, 9.17) is 0 Å². The van der Waals surface area contributed by atoms with Gasteiger partial charge < -0.3 is 4.57 Å². The van der Waals surface area contributed by atoms with Crippen molar-refractivity contribution in [2.75, 3.05) is 13.1 Å². The van der Waals surface area contributed by atoms with Crippen LogP contribution in [0.1, 0.15) is 51.9 Å². The van der Waals surface area contributed by atoms with E-state index in [2.05, 4.69) is 69.0 Å². The third-order valence-electron chi connectivity index (χ3n) is 4.00. The van der Waals surface area contributed by atoms with Crippen molar-refractivity contribution in [1.82, 2.24) is 9.47 Å². The molecule has 1 aromatic heterocycles. The monoisotopic (exact) mass is 302 g/mol. The van der Waals surface area contributed by atoms with Crippen LogP contribution in [-0.2, 0) is 13.6 Å². The van der Waals surface area contributed by atoms with Gasteiger partial charge in [0.15, 0.2) is 0 Å². The molecule has 0 bridgehead atoms. The zero-order chi connectivity index (χ0) is 16.5. The molecule has 124 valence electrons. The molecule has 1 aliphatic rings. The maximum absolute atomic E-state index is 3.72. The van der Waals surface area contributed by atoms with E-state index < -0.39 is 0 Å². The van der Waals surface area contributed by atoms with Crippen LogP contribution in [0.25, 0.3) is 6.08 Å². The normalized spacial score (nSPS) is 22.4. The number of hydrogen-bond donors (Lipinski definition) is 0. The van der Waals surface area contributed by atoms with Gasteiger partial charge in [0.05, 0.1) is 0 Å². The maximum Gasteiger partial charge on any atom is 0.0406 e. The molecule has 0 N–H and O–H groups in total. The Morgan fingerprint density at radius 2 is 1.77 bits per heavy atom. The van der Waals surface area contributed by atoms with Crippen molar-refractivity contribution in [2.24, 2.45) is 18.9 Å². The molecular weight excluding hydrogens is 268 g/mol. The lowest BCUT2D eigenvalue weighted by Gasteiger charge is -2.35. The van der Waals surface area contributed by atoms with Gasteiger partial charge in [0.2, 0.25) is 0 Å². The maximum atomic E-state index is 3.72. The molecule has 1 aliphatic heterocycles. The fraction of sp³-hybridized carbons (Fsp3) is 0.600. The molecule has 0 amide bonds. The standard InChI is InChI=1S/C17H26N2.C3H8/c1-5-6-7-16-8-9-17(18(16)4)13-19-11-14(2)10-15(3)12-19;1-3-2/h5-9,14-15H,1,10-13H2,2-4H3;3H2,1-2H3/b7-6-;. The Balaban J connectivity index is 0.000000745. The molecule has 2 nitrogen and oxygen atoms in total. The summed E-state index contributed by atoms with van der Waals surface area (Å²) in [5.41, 5.74) is 2.64. The van der Waals surface area contributed by atoms with Gasteiger partial charge >= 0.3 is 0 Å². The predicted molar refractivity (Wildman–Crippen MR) is 98.8 cm³/mol. The highest BCUT2D eigenvalue weighted by Gasteiger charge is 2.22. The second-order valence-electron chi connectivity index (χ2n) is 6.75. The molecule has 2 unspecified atom stereocenters. The summed E-state index contributed by atoms with van der Waals surface area (Å²) in [6.07, 6.45) is 8.54. The fourth-order valence-corrected chi connectivity index (χ4v) is 3.21. The Labute approximate surface area is 137 Å². The third kappa shape index (κ3) is 5.84. The van der Waals surface area contributed by atoms with Gasteiger partial charge in [-0.15, -0.1) is 0 Å². The Morgan fingerprint density at radius 3 is 2.32 bits per heavy atom. The minimum Gasteiger partial charge on any atom is -0.347 e. The summed E-state index contributed by atoms with van der Waals surface area (Å²) in [7, 11) is 2.15. The lowest BCUT2D eigenvalue weighted by Crippen LogP contribution is -2.38. The summed E-state index contributed by atoms with van der Waals surface area (Å²) in [6.45, 7) is 16.2. The zero-order valence-electron chi connectivity index (χ0n) is 15.2. The first kappa shape index (κ1) is 18.8. The summed E-state index contributed by atoms with van der Waals surface area (Å²) in [5.74, 6) is 1.65. The van der Waals surface area contributed by atoms with Crippen molar-refractivity contribution in [3.05, 3.63) is 42.3 Å². The smallest absolute Gasteiger partial charge is 0.0406 e. The second kappa shape index (κ2) is 9.68. The van der Waals surface area contributed by atoms with Crippen LogP contribution in [0.4, 0.5) is 0 Å². The molecule has 0 radical (unpaired) electrons. The molecule has 1 fully saturated rings. The lowest BCUT2D eigenvalue weighted by atomic mass is 9.92. The van der Waals surface area contributed by atoms with E-state index in [-0.39, 0.29) is 0 Å². The van der Waals surface area contributed by atoms with E-state index in [0.717, 1.165) is 18.4 Å². The van der Waals surface area contributed by atoms with Crippen molar-refractivity contribution in [2.45, 2.75) is 47.1 Å². The summed E-state index contributed by atoms with van der Waals surface area (Å²) in [5, 5.41) is 0. The summed E-state index contributed by atoms with van der Waals surface area (Å²) < 4.78 is 2.28. The van der Waals surface area contributed by atoms with E-state index in [0.29, 0.717) is 0 Å². The van der Waals surface area contributed by atoms with Crippen LogP contribution in [0.5, 0.6) is 0 Å². The van der Waals surface area contributed by atoms with E-state index in [1.165, 1.54) is 37.3 Å². The highest BCUT2D eigenvalue weighted by molar-refractivity contribution is 5.48. The number of rotatable bonds is 4. The molecule has 0 saturated carbocycles. The van der Waals surface area contributed by atoms with Crippen LogP contribution in [0.3, 0.4) is 0 Å². The lowest BCUT2D eigenvalue weighted by molar-refractivity contribution is 0.132. The molecule has 0 aromatic carbocycles. The molecule has 1 saturated heterocycles. The van der Waals surface area contributed by atoms with Crippen molar-refractivity contribution in [1.29, 1.82) is 0 Å². The first-order valence-electron chi connectivity index (χ1n) is 8.67.